The number of nitrogen functional groups attached to an aromatic ring is 1. The van der Waals surface area contributed by atoms with Crippen LogP contribution in [0.15, 0.2) is 24.3 Å². The van der Waals surface area contributed by atoms with Crippen LogP contribution in [0.3, 0.4) is 0 Å². The highest BCUT2D eigenvalue weighted by Crippen LogP contribution is 2.33. The Morgan fingerprint density at radius 3 is 2.88 bits per heavy atom. The van der Waals surface area contributed by atoms with Crippen LogP contribution in [0.1, 0.15) is 23.0 Å². The van der Waals surface area contributed by atoms with E-state index in [0.717, 1.165) is 16.5 Å². The fourth-order valence-corrected chi connectivity index (χ4v) is 2.59. The zero-order chi connectivity index (χ0) is 11.5. The fraction of sp³-hybridized carbons (Fsp3) is 0.250. The second-order valence-electron chi connectivity index (χ2n) is 3.60. The maximum atomic E-state index is 11.8. The minimum absolute atomic E-state index is 0.0689. The summed E-state index contributed by atoms with van der Waals surface area (Å²) in [6.45, 7) is 2.71. The third kappa shape index (κ3) is 1.88. The van der Waals surface area contributed by atoms with E-state index in [1.54, 1.807) is 0 Å². The molecule has 0 saturated carbocycles. The van der Waals surface area contributed by atoms with E-state index in [4.69, 9.17) is 5.73 Å². The van der Waals surface area contributed by atoms with Gasteiger partial charge in [-0.15, -0.1) is 11.3 Å². The topological polar surface area (TPSA) is 55.1 Å². The van der Waals surface area contributed by atoms with Crippen molar-refractivity contribution in [1.82, 2.24) is 5.32 Å². The predicted octanol–water partition coefficient (Wildman–Crippen LogP) is 2.62. The van der Waals surface area contributed by atoms with Gasteiger partial charge in [-0.3, -0.25) is 4.79 Å². The first-order valence-electron chi connectivity index (χ1n) is 5.29. The van der Waals surface area contributed by atoms with Crippen molar-refractivity contribution in [3.63, 3.8) is 0 Å². The molecule has 1 aromatic heterocycles. The van der Waals surface area contributed by atoms with E-state index in [1.165, 1.54) is 11.3 Å². The van der Waals surface area contributed by atoms with Gasteiger partial charge in [-0.1, -0.05) is 25.1 Å². The minimum Gasteiger partial charge on any atom is -0.397 e. The highest BCUT2D eigenvalue weighted by Gasteiger charge is 2.14. The van der Waals surface area contributed by atoms with Crippen molar-refractivity contribution in [2.45, 2.75) is 13.3 Å². The number of nitrogens with one attached hydrogen (secondary N) is 1. The van der Waals surface area contributed by atoms with Crippen molar-refractivity contribution >= 4 is 33.0 Å². The van der Waals surface area contributed by atoms with Crippen LogP contribution >= 0.6 is 11.3 Å². The molecule has 4 heteroatoms. The summed E-state index contributed by atoms with van der Waals surface area (Å²) in [4.78, 5) is 12.4. The lowest BCUT2D eigenvalue weighted by atomic mass is 10.2. The molecule has 0 atom stereocenters. The van der Waals surface area contributed by atoms with E-state index < -0.39 is 0 Å². The van der Waals surface area contributed by atoms with E-state index >= 15 is 0 Å². The Bertz CT molecular complexity index is 519. The van der Waals surface area contributed by atoms with Crippen LogP contribution in [0.4, 0.5) is 5.69 Å². The smallest absolute Gasteiger partial charge is 0.263 e. The predicted molar refractivity (Wildman–Crippen MR) is 68.9 cm³/mol. The molecule has 0 aliphatic carbocycles. The van der Waals surface area contributed by atoms with Crippen LogP contribution in [0.5, 0.6) is 0 Å². The third-order valence-corrected chi connectivity index (χ3v) is 3.56. The van der Waals surface area contributed by atoms with Gasteiger partial charge in [-0.25, -0.2) is 0 Å². The van der Waals surface area contributed by atoms with Gasteiger partial charge in [0, 0.05) is 16.6 Å². The van der Waals surface area contributed by atoms with Crippen molar-refractivity contribution < 1.29 is 4.79 Å². The Hall–Kier alpha value is -1.55. The molecule has 1 heterocycles. The Kier molecular flexibility index (Phi) is 3.10. The Morgan fingerprint density at radius 1 is 1.44 bits per heavy atom. The van der Waals surface area contributed by atoms with E-state index in [1.807, 2.05) is 31.2 Å². The molecule has 0 saturated heterocycles. The number of carbonyl (C=O) groups excluding carboxylic acids is 1. The number of fused-ring (bicyclic) bond motifs is 1. The first-order chi connectivity index (χ1) is 7.74. The van der Waals surface area contributed by atoms with Crippen LogP contribution in [0.25, 0.3) is 10.1 Å². The fourth-order valence-electron chi connectivity index (χ4n) is 1.55. The molecule has 0 unspecified atom stereocenters. The van der Waals surface area contributed by atoms with Gasteiger partial charge < -0.3 is 11.1 Å². The van der Waals surface area contributed by atoms with E-state index in [-0.39, 0.29) is 5.91 Å². The standard InChI is InChI=1S/C12H14N2OS/c1-2-7-14-12(15)11-10(13)8-5-3-4-6-9(8)16-11/h3-6H,2,7,13H2,1H3,(H,14,15). The van der Waals surface area contributed by atoms with Crippen molar-refractivity contribution in [2.75, 3.05) is 12.3 Å². The van der Waals surface area contributed by atoms with Gasteiger partial charge in [0.1, 0.15) is 4.88 Å². The number of hydrogen-bond acceptors (Lipinski definition) is 3. The molecule has 0 radical (unpaired) electrons. The van der Waals surface area contributed by atoms with Gasteiger partial charge in [-0.2, -0.15) is 0 Å². The molecule has 1 amide bonds. The molecule has 0 bridgehead atoms. The molecule has 3 N–H and O–H groups in total. The number of anilines is 1. The molecule has 0 aliphatic rings. The Labute approximate surface area is 98.3 Å². The molecule has 3 nitrogen and oxygen atoms in total. The molecular formula is C12H14N2OS. The number of nitrogens with two attached hydrogens (primary N) is 1. The summed E-state index contributed by atoms with van der Waals surface area (Å²) in [7, 11) is 0. The number of thiophene rings is 1. The normalized spacial score (nSPS) is 10.6. The summed E-state index contributed by atoms with van der Waals surface area (Å²) in [6.07, 6.45) is 0.927. The number of rotatable bonds is 3. The molecule has 84 valence electrons. The molecule has 2 rings (SSSR count). The molecule has 16 heavy (non-hydrogen) atoms. The molecule has 1 aromatic carbocycles. The van der Waals surface area contributed by atoms with Gasteiger partial charge in [0.2, 0.25) is 0 Å². The minimum atomic E-state index is -0.0689. The quantitative estimate of drug-likeness (QED) is 0.857. The highest BCUT2D eigenvalue weighted by molar-refractivity contribution is 7.21. The number of benzene rings is 1. The van der Waals surface area contributed by atoms with Gasteiger partial charge in [-0.05, 0) is 12.5 Å². The van der Waals surface area contributed by atoms with Crippen LogP contribution in [0.2, 0.25) is 0 Å². The van der Waals surface area contributed by atoms with Gasteiger partial charge in [0.05, 0.1) is 5.69 Å². The van der Waals surface area contributed by atoms with Gasteiger partial charge in [0.25, 0.3) is 5.91 Å². The van der Waals surface area contributed by atoms with Crippen molar-refractivity contribution in [1.29, 1.82) is 0 Å². The largest absolute Gasteiger partial charge is 0.397 e. The lowest BCUT2D eigenvalue weighted by Crippen LogP contribution is -2.23. The highest BCUT2D eigenvalue weighted by atomic mass is 32.1. The van der Waals surface area contributed by atoms with E-state index in [2.05, 4.69) is 5.32 Å². The monoisotopic (exact) mass is 234 g/mol. The Morgan fingerprint density at radius 2 is 2.19 bits per heavy atom. The maximum Gasteiger partial charge on any atom is 0.263 e. The van der Waals surface area contributed by atoms with E-state index in [0.29, 0.717) is 17.1 Å². The Balaban J connectivity index is 2.37. The lowest BCUT2D eigenvalue weighted by Gasteiger charge is -2.01. The summed E-state index contributed by atoms with van der Waals surface area (Å²) >= 11 is 1.45. The number of amides is 1. The van der Waals surface area contributed by atoms with Crippen LogP contribution < -0.4 is 11.1 Å². The number of hydrogen-bond donors (Lipinski definition) is 2. The SMILES string of the molecule is CCCNC(=O)c1sc2ccccc2c1N. The summed E-state index contributed by atoms with van der Waals surface area (Å²) in [5.41, 5.74) is 6.55. The summed E-state index contributed by atoms with van der Waals surface area (Å²) < 4.78 is 1.06. The zero-order valence-electron chi connectivity index (χ0n) is 9.12. The lowest BCUT2D eigenvalue weighted by molar-refractivity contribution is 0.0958. The van der Waals surface area contributed by atoms with Crippen LogP contribution in [0, 0.1) is 0 Å². The van der Waals surface area contributed by atoms with Crippen LogP contribution in [-0.2, 0) is 0 Å². The van der Waals surface area contributed by atoms with Crippen molar-refractivity contribution in [2.24, 2.45) is 0 Å². The van der Waals surface area contributed by atoms with Gasteiger partial charge in [0.15, 0.2) is 0 Å². The van der Waals surface area contributed by atoms with Crippen molar-refractivity contribution in [3.05, 3.63) is 29.1 Å². The molecular weight excluding hydrogens is 220 g/mol. The zero-order valence-corrected chi connectivity index (χ0v) is 9.93. The molecule has 0 fully saturated rings. The molecule has 0 aliphatic heterocycles. The second-order valence-corrected chi connectivity index (χ2v) is 4.65. The molecule has 0 spiro atoms. The van der Waals surface area contributed by atoms with Crippen molar-refractivity contribution in [3.8, 4) is 0 Å². The first-order valence-corrected chi connectivity index (χ1v) is 6.11. The average molecular weight is 234 g/mol. The summed E-state index contributed by atoms with van der Waals surface area (Å²) in [5, 5.41) is 3.81. The molecule has 2 aromatic rings. The average Bonchev–Trinajstić information content (AvgIpc) is 2.64. The first kappa shape index (κ1) is 11.0. The van der Waals surface area contributed by atoms with Gasteiger partial charge >= 0.3 is 0 Å². The second kappa shape index (κ2) is 4.53. The summed E-state index contributed by atoms with van der Waals surface area (Å²) in [6, 6.07) is 7.80. The maximum absolute atomic E-state index is 11.8. The third-order valence-electron chi connectivity index (χ3n) is 2.38. The number of carbonyl (C=O) groups is 1. The van der Waals surface area contributed by atoms with E-state index in [9.17, 15) is 4.79 Å². The van der Waals surface area contributed by atoms with Crippen LogP contribution in [-0.4, -0.2) is 12.5 Å². The summed E-state index contributed by atoms with van der Waals surface area (Å²) in [5.74, 6) is -0.0689.